The molecule has 29 heavy (non-hydrogen) atoms. The third-order valence-electron chi connectivity index (χ3n) is 4.04. The third kappa shape index (κ3) is 6.27. The predicted molar refractivity (Wildman–Crippen MR) is 103 cm³/mol. The first-order valence-corrected chi connectivity index (χ1v) is 8.88. The van der Waals surface area contributed by atoms with Crippen molar-refractivity contribution < 1.29 is 27.0 Å². The summed E-state index contributed by atoms with van der Waals surface area (Å²) in [7, 11) is 3.04. The van der Waals surface area contributed by atoms with Crippen LogP contribution < -0.4 is 20.1 Å². The minimum atomic E-state index is -4.64. The SMILES string of the molecule is CCOc1ccc(CNC(=NC)NCc2ccc(F)cc2C(F)(F)F)cc1OC. The molecule has 9 heteroatoms. The summed E-state index contributed by atoms with van der Waals surface area (Å²) in [6.07, 6.45) is -4.64. The Kier molecular flexibility index (Phi) is 7.69. The van der Waals surface area contributed by atoms with Gasteiger partial charge in [0.2, 0.25) is 0 Å². The third-order valence-corrected chi connectivity index (χ3v) is 4.04. The zero-order valence-corrected chi connectivity index (χ0v) is 16.4. The highest BCUT2D eigenvalue weighted by Gasteiger charge is 2.33. The molecule has 0 amide bonds. The number of hydrogen-bond acceptors (Lipinski definition) is 3. The van der Waals surface area contributed by atoms with Gasteiger partial charge < -0.3 is 20.1 Å². The molecule has 2 aromatic rings. The van der Waals surface area contributed by atoms with Crippen LogP contribution in [0.4, 0.5) is 17.6 Å². The number of aliphatic imine (C=N–C) groups is 1. The van der Waals surface area contributed by atoms with Gasteiger partial charge in [0.05, 0.1) is 19.3 Å². The average Bonchev–Trinajstić information content (AvgIpc) is 2.69. The molecule has 0 saturated heterocycles. The number of nitrogens with one attached hydrogen (secondary N) is 2. The average molecular weight is 413 g/mol. The highest BCUT2D eigenvalue weighted by Crippen LogP contribution is 2.32. The van der Waals surface area contributed by atoms with E-state index < -0.39 is 17.6 Å². The molecular weight excluding hydrogens is 390 g/mol. The van der Waals surface area contributed by atoms with E-state index in [0.29, 0.717) is 36.7 Å². The molecule has 0 radical (unpaired) electrons. The number of halogens is 4. The molecule has 0 heterocycles. The molecule has 2 N–H and O–H groups in total. The molecular formula is C20H23F4N3O2. The molecule has 5 nitrogen and oxygen atoms in total. The van der Waals surface area contributed by atoms with Crippen molar-refractivity contribution in [1.82, 2.24) is 10.6 Å². The molecule has 0 fully saturated rings. The topological polar surface area (TPSA) is 54.9 Å². The number of hydrogen-bond donors (Lipinski definition) is 2. The summed E-state index contributed by atoms with van der Waals surface area (Å²) in [6, 6.07) is 8.01. The van der Waals surface area contributed by atoms with Gasteiger partial charge in [-0.25, -0.2) is 4.39 Å². The number of benzene rings is 2. The van der Waals surface area contributed by atoms with E-state index in [4.69, 9.17) is 9.47 Å². The second-order valence-electron chi connectivity index (χ2n) is 6.00. The van der Waals surface area contributed by atoms with Crippen LogP contribution in [-0.2, 0) is 19.3 Å². The Morgan fingerprint density at radius 1 is 1.03 bits per heavy atom. The van der Waals surface area contributed by atoms with E-state index in [1.807, 2.05) is 13.0 Å². The van der Waals surface area contributed by atoms with E-state index in [2.05, 4.69) is 15.6 Å². The van der Waals surface area contributed by atoms with Gasteiger partial charge in [0, 0.05) is 20.1 Å². The van der Waals surface area contributed by atoms with E-state index in [-0.39, 0.29) is 12.1 Å². The number of ether oxygens (including phenoxy) is 2. The first-order chi connectivity index (χ1) is 13.8. The van der Waals surface area contributed by atoms with E-state index in [9.17, 15) is 17.6 Å². The highest BCUT2D eigenvalue weighted by atomic mass is 19.4. The quantitative estimate of drug-likeness (QED) is 0.407. The van der Waals surface area contributed by atoms with Crippen molar-refractivity contribution in [1.29, 1.82) is 0 Å². The number of nitrogens with zero attached hydrogens (tertiary/aromatic N) is 1. The van der Waals surface area contributed by atoms with Crippen LogP contribution in [-0.4, -0.2) is 26.7 Å². The maximum absolute atomic E-state index is 13.2. The number of methoxy groups -OCH3 is 1. The van der Waals surface area contributed by atoms with Gasteiger partial charge in [0.25, 0.3) is 0 Å². The number of guanidine groups is 1. The molecule has 2 aromatic carbocycles. The summed E-state index contributed by atoms with van der Waals surface area (Å²) in [5, 5.41) is 5.82. The Labute approximate surface area is 166 Å². The fraction of sp³-hybridized carbons (Fsp3) is 0.350. The maximum atomic E-state index is 13.2. The zero-order chi connectivity index (χ0) is 21.4. The van der Waals surface area contributed by atoms with Crippen LogP contribution in [0.25, 0.3) is 0 Å². The first kappa shape index (κ1) is 22.3. The van der Waals surface area contributed by atoms with Crippen molar-refractivity contribution in [3.05, 3.63) is 58.9 Å². The molecule has 158 valence electrons. The van der Waals surface area contributed by atoms with E-state index in [0.717, 1.165) is 17.7 Å². The van der Waals surface area contributed by atoms with Crippen LogP contribution in [0, 0.1) is 5.82 Å². The fourth-order valence-electron chi connectivity index (χ4n) is 2.65. The van der Waals surface area contributed by atoms with Gasteiger partial charge in [-0.05, 0) is 42.3 Å². The van der Waals surface area contributed by atoms with Gasteiger partial charge >= 0.3 is 6.18 Å². The molecule has 2 rings (SSSR count). The van der Waals surface area contributed by atoms with Crippen molar-refractivity contribution in [3.63, 3.8) is 0 Å². The van der Waals surface area contributed by atoms with Gasteiger partial charge in [0.1, 0.15) is 5.82 Å². The molecule has 0 saturated carbocycles. The number of rotatable bonds is 7. The lowest BCUT2D eigenvalue weighted by atomic mass is 10.1. The summed E-state index contributed by atoms with van der Waals surface area (Å²) in [4.78, 5) is 4.00. The zero-order valence-electron chi connectivity index (χ0n) is 16.4. The second-order valence-corrected chi connectivity index (χ2v) is 6.00. The van der Waals surface area contributed by atoms with Crippen LogP contribution in [0.1, 0.15) is 23.6 Å². The molecule has 0 aliphatic heterocycles. The fourth-order valence-corrected chi connectivity index (χ4v) is 2.65. The molecule has 0 atom stereocenters. The maximum Gasteiger partial charge on any atom is 0.416 e. The Morgan fingerprint density at radius 3 is 2.38 bits per heavy atom. The Hall–Kier alpha value is -2.97. The van der Waals surface area contributed by atoms with Crippen LogP contribution in [0.3, 0.4) is 0 Å². The Bertz CT molecular complexity index is 854. The van der Waals surface area contributed by atoms with E-state index >= 15 is 0 Å². The van der Waals surface area contributed by atoms with Crippen LogP contribution in [0.5, 0.6) is 11.5 Å². The van der Waals surface area contributed by atoms with Gasteiger partial charge in [-0.15, -0.1) is 0 Å². The predicted octanol–water partition coefficient (Wildman–Crippen LogP) is 4.12. The van der Waals surface area contributed by atoms with Crippen LogP contribution in [0.2, 0.25) is 0 Å². The van der Waals surface area contributed by atoms with E-state index in [1.54, 1.807) is 12.1 Å². The normalized spacial score (nSPS) is 11.9. The van der Waals surface area contributed by atoms with Crippen LogP contribution in [0.15, 0.2) is 41.4 Å². The van der Waals surface area contributed by atoms with Crippen molar-refractivity contribution in [2.75, 3.05) is 20.8 Å². The first-order valence-electron chi connectivity index (χ1n) is 8.88. The lowest BCUT2D eigenvalue weighted by Crippen LogP contribution is -2.36. The lowest BCUT2D eigenvalue weighted by Gasteiger charge is -2.16. The minimum absolute atomic E-state index is 0.0791. The van der Waals surface area contributed by atoms with Crippen molar-refractivity contribution in [3.8, 4) is 11.5 Å². The van der Waals surface area contributed by atoms with Gasteiger partial charge in [-0.2, -0.15) is 13.2 Å². The highest BCUT2D eigenvalue weighted by molar-refractivity contribution is 5.79. The Balaban J connectivity index is 2.02. The van der Waals surface area contributed by atoms with Gasteiger partial charge in [0.15, 0.2) is 17.5 Å². The summed E-state index contributed by atoms with van der Waals surface area (Å²) in [6.45, 7) is 2.57. The van der Waals surface area contributed by atoms with Crippen molar-refractivity contribution in [2.24, 2.45) is 4.99 Å². The molecule has 0 unspecified atom stereocenters. The largest absolute Gasteiger partial charge is 0.493 e. The summed E-state index contributed by atoms with van der Waals surface area (Å²) in [5.74, 6) is 0.566. The van der Waals surface area contributed by atoms with Crippen LogP contribution >= 0.6 is 0 Å². The minimum Gasteiger partial charge on any atom is -0.493 e. The second kappa shape index (κ2) is 9.99. The van der Waals surface area contributed by atoms with Gasteiger partial charge in [-0.3, -0.25) is 4.99 Å². The lowest BCUT2D eigenvalue weighted by molar-refractivity contribution is -0.138. The smallest absolute Gasteiger partial charge is 0.416 e. The standard InChI is InChI=1S/C20H23F4N3O2/c1-4-29-17-8-5-13(9-18(17)28-3)11-26-19(25-2)27-12-14-6-7-15(21)10-16(14)20(22,23)24/h5-10H,4,11-12H2,1-3H3,(H2,25,26,27). The van der Waals surface area contributed by atoms with E-state index in [1.165, 1.54) is 14.2 Å². The molecule has 0 aliphatic carbocycles. The molecule has 0 aromatic heterocycles. The molecule has 0 aliphatic rings. The monoisotopic (exact) mass is 413 g/mol. The summed E-state index contributed by atoms with van der Waals surface area (Å²) in [5.41, 5.74) is -0.229. The van der Waals surface area contributed by atoms with Crippen molar-refractivity contribution >= 4 is 5.96 Å². The molecule has 0 spiro atoms. The van der Waals surface area contributed by atoms with Gasteiger partial charge in [-0.1, -0.05) is 12.1 Å². The summed E-state index contributed by atoms with van der Waals surface area (Å²) < 4.78 is 63.3. The Morgan fingerprint density at radius 2 is 1.76 bits per heavy atom. The van der Waals surface area contributed by atoms with Crippen molar-refractivity contribution in [2.45, 2.75) is 26.2 Å². The summed E-state index contributed by atoms with van der Waals surface area (Å²) >= 11 is 0. The molecule has 0 bridgehead atoms. The number of alkyl halides is 3.